The Bertz CT molecular complexity index is 176. The van der Waals surface area contributed by atoms with Crippen molar-refractivity contribution in [3.8, 4) is 0 Å². The minimum Gasteiger partial charge on any atom is -0.495 e. The van der Waals surface area contributed by atoms with E-state index in [2.05, 4.69) is 0 Å². The number of rotatable bonds is 3. The molecule has 0 aliphatic carbocycles. The Hall–Kier alpha value is -0.990. The molecule has 1 aliphatic rings. The highest BCUT2D eigenvalue weighted by atomic mass is 16.5. The van der Waals surface area contributed by atoms with Crippen molar-refractivity contribution in [2.45, 2.75) is 31.8 Å². The van der Waals surface area contributed by atoms with Crippen LogP contribution in [0.25, 0.3) is 0 Å². The van der Waals surface area contributed by atoms with Crippen LogP contribution in [0.2, 0.25) is 0 Å². The van der Waals surface area contributed by atoms with E-state index in [1.54, 1.807) is 6.26 Å². The number of hydrogen-bond acceptors (Lipinski definition) is 2. The Morgan fingerprint density at radius 2 is 2.55 bits per heavy atom. The molecule has 0 aromatic heterocycles. The lowest BCUT2D eigenvalue weighted by molar-refractivity contribution is -0.138. The van der Waals surface area contributed by atoms with E-state index in [-0.39, 0.29) is 12.0 Å². The molecule has 1 unspecified atom stereocenters. The summed E-state index contributed by atoms with van der Waals surface area (Å²) in [6, 6.07) is 0. The average Bonchev–Trinajstić information content (AvgIpc) is 2.33. The van der Waals surface area contributed by atoms with Gasteiger partial charge in [0.2, 0.25) is 0 Å². The summed E-state index contributed by atoms with van der Waals surface area (Å²) < 4.78 is 5.25. The van der Waals surface area contributed by atoms with Crippen molar-refractivity contribution in [2.75, 3.05) is 0 Å². The molecule has 62 valence electrons. The molecule has 3 nitrogen and oxygen atoms in total. The number of ether oxygens (including phenoxy) is 1. The van der Waals surface area contributed by atoms with E-state index in [1.807, 2.05) is 13.0 Å². The highest BCUT2D eigenvalue weighted by Gasteiger charge is 2.27. The van der Waals surface area contributed by atoms with Crippen LogP contribution < -0.4 is 0 Å². The molecule has 1 heterocycles. The maximum absolute atomic E-state index is 10.2. The quantitative estimate of drug-likeness (QED) is 0.674. The van der Waals surface area contributed by atoms with Gasteiger partial charge in [0.25, 0.3) is 0 Å². The fraction of sp³-hybridized carbons (Fsp3) is 0.625. The molecule has 0 radical (unpaired) electrons. The van der Waals surface area contributed by atoms with Gasteiger partial charge in [0, 0.05) is 12.8 Å². The van der Waals surface area contributed by atoms with Crippen LogP contribution in [-0.4, -0.2) is 16.7 Å². The first kappa shape index (κ1) is 8.11. The van der Waals surface area contributed by atoms with Gasteiger partial charge in [0.15, 0.2) is 0 Å². The van der Waals surface area contributed by atoms with E-state index in [4.69, 9.17) is 9.84 Å². The molecule has 0 spiro atoms. The molecule has 11 heavy (non-hydrogen) atoms. The molecule has 1 rings (SSSR count). The summed E-state index contributed by atoms with van der Waals surface area (Å²) in [7, 11) is 0. The molecule has 1 N–H and O–H groups in total. The third-order valence-corrected chi connectivity index (χ3v) is 1.87. The van der Waals surface area contributed by atoms with Crippen LogP contribution in [0.4, 0.5) is 0 Å². The third-order valence-electron chi connectivity index (χ3n) is 1.87. The Kier molecular flexibility index (Phi) is 2.17. The first-order valence-corrected chi connectivity index (χ1v) is 3.67. The zero-order chi connectivity index (χ0) is 8.32. The van der Waals surface area contributed by atoms with Crippen LogP contribution in [0.5, 0.6) is 0 Å². The summed E-state index contributed by atoms with van der Waals surface area (Å²) >= 11 is 0. The highest BCUT2D eigenvalue weighted by Crippen LogP contribution is 2.27. The van der Waals surface area contributed by atoms with E-state index in [9.17, 15) is 4.79 Å². The Morgan fingerprint density at radius 3 is 3.00 bits per heavy atom. The Morgan fingerprint density at radius 1 is 1.82 bits per heavy atom. The van der Waals surface area contributed by atoms with Crippen molar-refractivity contribution in [2.24, 2.45) is 0 Å². The summed E-state index contributed by atoms with van der Waals surface area (Å²) in [6.07, 6.45) is 5.14. The normalized spacial score (nSPS) is 28.5. The van der Waals surface area contributed by atoms with Crippen LogP contribution in [-0.2, 0) is 9.53 Å². The molecule has 1 aliphatic heterocycles. The van der Waals surface area contributed by atoms with Gasteiger partial charge in [-0.1, -0.05) is 0 Å². The second kappa shape index (κ2) is 2.95. The number of carboxylic acids is 1. The van der Waals surface area contributed by atoms with Crippen LogP contribution >= 0.6 is 0 Å². The van der Waals surface area contributed by atoms with Gasteiger partial charge in [-0.3, -0.25) is 4.79 Å². The Balaban J connectivity index is 2.30. The van der Waals surface area contributed by atoms with Gasteiger partial charge in [-0.25, -0.2) is 0 Å². The molecular weight excluding hydrogens is 144 g/mol. The lowest BCUT2D eigenvalue weighted by Crippen LogP contribution is -2.23. The van der Waals surface area contributed by atoms with Gasteiger partial charge in [-0.05, 0) is 19.4 Å². The van der Waals surface area contributed by atoms with Gasteiger partial charge >= 0.3 is 5.97 Å². The molecule has 3 heteroatoms. The van der Waals surface area contributed by atoms with Crippen LogP contribution in [0.15, 0.2) is 12.3 Å². The topological polar surface area (TPSA) is 46.5 Å². The number of aliphatic carboxylic acids is 1. The predicted octanol–water partition coefficient (Wildman–Crippen LogP) is 1.54. The molecule has 0 fully saturated rings. The monoisotopic (exact) mass is 156 g/mol. The van der Waals surface area contributed by atoms with Crippen LogP contribution in [0.3, 0.4) is 0 Å². The zero-order valence-corrected chi connectivity index (χ0v) is 6.54. The Labute approximate surface area is 65.7 Å². The highest BCUT2D eigenvalue weighted by molar-refractivity contribution is 5.66. The fourth-order valence-electron chi connectivity index (χ4n) is 1.09. The third kappa shape index (κ3) is 2.26. The lowest BCUT2D eigenvalue weighted by atomic mass is 9.97. The molecule has 1 atom stereocenters. The number of carboxylic acid groups (broad SMARTS) is 1. The summed E-state index contributed by atoms with van der Waals surface area (Å²) in [4.78, 5) is 10.2. The summed E-state index contributed by atoms with van der Waals surface area (Å²) in [5.41, 5.74) is -0.265. The van der Waals surface area contributed by atoms with Gasteiger partial charge in [0.1, 0.15) is 5.60 Å². The fourth-order valence-corrected chi connectivity index (χ4v) is 1.09. The molecule has 0 aromatic rings. The van der Waals surface area contributed by atoms with Gasteiger partial charge in [0.05, 0.1) is 6.26 Å². The lowest BCUT2D eigenvalue weighted by Gasteiger charge is -2.22. The molecule has 0 aromatic carbocycles. The molecule has 0 bridgehead atoms. The first-order chi connectivity index (χ1) is 5.12. The van der Waals surface area contributed by atoms with E-state index in [0.29, 0.717) is 6.42 Å². The molecule has 0 amide bonds. The van der Waals surface area contributed by atoms with Crippen molar-refractivity contribution in [3.63, 3.8) is 0 Å². The molecular formula is C8H12O3. The van der Waals surface area contributed by atoms with E-state index >= 15 is 0 Å². The smallest absolute Gasteiger partial charge is 0.303 e. The maximum Gasteiger partial charge on any atom is 0.303 e. The van der Waals surface area contributed by atoms with Crippen LogP contribution in [0, 0.1) is 0 Å². The van der Waals surface area contributed by atoms with Crippen molar-refractivity contribution in [1.29, 1.82) is 0 Å². The minimum absolute atomic E-state index is 0.179. The average molecular weight is 156 g/mol. The SMILES string of the molecule is CC1(CCC(=O)O)CC=CO1. The zero-order valence-electron chi connectivity index (χ0n) is 6.54. The minimum atomic E-state index is -0.762. The number of hydrogen-bond donors (Lipinski definition) is 1. The van der Waals surface area contributed by atoms with Crippen molar-refractivity contribution in [1.82, 2.24) is 0 Å². The molecule has 0 saturated heterocycles. The second-order valence-corrected chi connectivity index (χ2v) is 3.04. The summed E-state index contributed by atoms with van der Waals surface area (Å²) in [5, 5.41) is 8.41. The summed E-state index contributed by atoms with van der Waals surface area (Å²) in [6.45, 7) is 1.93. The van der Waals surface area contributed by atoms with Gasteiger partial charge in [-0.2, -0.15) is 0 Å². The largest absolute Gasteiger partial charge is 0.495 e. The second-order valence-electron chi connectivity index (χ2n) is 3.04. The van der Waals surface area contributed by atoms with Gasteiger partial charge in [-0.15, -0.1) is 0 Å². The summed E-state index contributed by atoms with van der Waals surface area (Å²) in [5.74, 6) is -0.762. The molecule has 0 saturated carbocycles. The number of carbonyl (C=O) groups is 1. The first-order valence-electron chi connectivity index (χ1n) is 3.67. The predicted molar refractivity (Wildman–Crippen MR) is 40.1 cm³/mol. The van der Waals surface area contributed by atoms with Crippen molar-refractivity contribution in [3.05, 3.63) is 12.3 Å². The van der Waals surface area contributed by atoms with Crippen molar-refractivity contribution >= 4 is 5.97 Å². The van der Waals surface area contributed by atoms with E-state index < -0.39 is 5.97 Å². The maximum atomic E-state index is 10.2. The van der Waals surface area contributed by atoms with E-state index in [1.165, 1.54) is 0 Å². The standard InChI is InChI=1S/C8H12O3/c1-8(4-2-6-11-8)5-3-7(9)10/h2,6H,3-5H2,1H3,(H,9,10). The van der Waals surface area contributed by atoms with Crippen molar-refractivity contribution < 1.29 is 14.6 Å². The van der Waals surface area contributed by atoms with E-state index in [0.717, 1.165) is 6.42 Å². The van der Waals surface area contributed by atoms with Crippen LogP contribution in [0.1, 0.15) is 26.2 Å². The van der Waals surface area contributed by atoms with Gasteiger partial charge < -0.3 is 9.84 Å².